The van der Waals surface area contributed by atoms with E-state index in [9.17, 15) is 0 Å². The first-order valence-corrected chi connectivity index (χ1v) is 5.33. The van der Waals surface area contributed by atoms with Gasteiger partial charge in [-0.2, -0.15) is 0 Å². The van der Waals surface area contributed by atoms with Crippen LogP contribution in [-0.2, 0) is 0 Å². The van der Waals surface area contributed by atoms with Crippen LogP contribution in [0.1, 0.15) is 46.0 Å². The molecule has 2 fully saturated rings. The molecule has 0 amide bonds. The lowest BCUT2D eigenvalue weighted by molar-refractivity contribution is 0.118. The van der Waals surface area contributed by atoms with E-state index in [0.29, 0.717) is 5.41 Å². The minimum absolute atomic E-state index is 0.633. The van der Waals surface area contributed by atoms with Gasteiger partial charge in [0.05, 0.1) is 0 Å². The molecule has 2 rings (SSSR count). The van der Waals surface area contributed by atoms with Crippen molar-refractivity contribution in [2.24, 2.45) is 10.8 Å². The van der Waals surface area contributed by atoms with Gasteiger partial charge in [0.25, 0.3) is 0 Å². The molecule has 1 saturated carbocycles. The maximum Gasteiger partial charge on any atom is 0.000829 e. The molecule has 70 valence electrons. The van der Waals surface area contributed by atoms with Crippen LogP contribution >= 0.6 is 0 Å². The molecule has 1 aliphatic heterocycles. The summed E-state index contributed by atoms with van der Waals surface area (Å²) >= 11 is 0. The number of hydrogen-bond acceptors (Lipinski definition) is 1. The summed E-state index contributed by atoms with van der Waals surface area (Å²) in [6.07, 6.45) is 7.24. The molecule has 0 aromatic rings. The molecule has 12 heavy (non-hydrogen) atoms. The molecule has 1 heterocycles. The third-order valence-electron chi connectivity index (χ3n) is 4.00. The maximum absolute atomic E-state index is 3.51. The fourth-order valence-electron chi connectivity index (χ4n) is 2.68. The Morgan fingerprint density at radius 3 is 2.08 bits per heavy atom. The van der Waals surface area contributed by atoms with Crippen molar-refractivity contribution in [3.8, 4) is 0 Å². The topological polar surface area (TPSA) is 12.0 Å². The van der Waals surface area contributed by atoms with Crippen LogP contribution in [0.4, 0.5) is 0 Å². The summed E-state index contributed by atoms with van der Waals surface area (Å²) in [6, 6.07) is 0. The second-order valence-corrected chi connectivity index (χ2v) is 5.59. The van der Waals surface area contributed by atoms with E-state index in [1.54, 1.807) is 0 Å². The Morgan fingerprint density at radius 2 is 1.58 bits per heavy atom. The molecule has 1 heteroatoms. The molecule has 0 unspecified atom stereocenters. The van der Waals surface area contributed by atoms with Crippen LogP contribution in [0.5, 0.6) is 0 Å². The molecule has 1 saturated heterocycles. The van der Waals surface area contributed by atoms with E-state index in [4.69, 9.17) is 0 Å². The molecule has 1 N–H and O–H groups in total. The van der Waals surface area contributed by atoms with Crippen molar-refractivity contribution in [2.75, 3.05) is 13.1 Å². The molecule has 0 bridgehead atoms. The van der Waals surface area contributed by atoms with E-state index in [0.717, 1.165) is 5.41 Å². The molecule has 0 aromatic heterocycles. The summed E-state index contributed by atoms with van der Waals surface area (Å²) in [7, 11) is 0. The van der Waals surface area contributed by atoms with Crippen LogP contribution < -0.4 is 5.32 Å². The summed E-state index contributed by atoms with van der Waals surface area (Å²) in [5.41, 5.74) is 1.35. The molecular formula is C11H21N. The summed E-state index contributed by atoms with van der Waals surface area (Å²) in [4.78, 5) is 0. The third kappa shape index (κ3) is 1.52. The van der Waals surface area contributed by atoms with Gasteiger partial charge in [0.1, 0.15) is 0 Å². The Bertz CT molecular complexity index is 154. The highest BCUT2D eigenvalue weighted by Crippen LogP contribution is 2.47. The lowest BCUT2D eigenvalue weighted by Gasteiger charge is -2.40. The van der Waals surface area contributed by atoms with Crippen molar-refractivity contribution in [3.05, 3.63) is 0 Å². The highest BCUT2D eigenvalue weighted by atomic mass is 14.9. The standard InChI is InChI=1S/C11H21N/c1-10(2)3-5-11(6-4-10)7-8-12-9-11/h12H,3-9H2,1-2H3. The average molecular weight is 167 g/mol. The van der Waals surface area contributed by atoms with Gasteiger partial charge >= 0.3 is 0 Å². The van der Waals surface area contributed by atoms with Gasteiger partial charge in [0.15, 0.2) is 0 Å². The average Bonchev–Trinajstić information content (AvgIpc) is 2.46. The summed E-state index contributed by atoms with van der Waals surface area (Å²) < 4.78 is 0. The monoisotopic (exact) mass is 167 g/mol. The van der Waals surface area contributed by atoms with Gasteiger partial charge in [-0.3, -0.25) is 0 Å². The highest BCUT2D eigenvalue weighted by Gasteiger charge is 2.39. The predicted molar refractivity (Wildman–Crippen MR) is 52.2 cm³/mol. The minimum atomic E-state index is 0.633. The predicted octanol–water partition coefficient (Wildman–Crippen LogP) is 2.57. The van der Waals surface area contributed by atoms with E-state index in [2.05, 4.69) is 19.2 Å². The first-order valence-electron chi connectivity index (χ1n) is 5.33. The number of rotatable bonds is 0. The lowest BCUT2D eigenvalue weighted by atomic mass is 9.65. The zero-order valence-electron chi connectivity index (χ0n) is 8.45. The van der Waals surface area contributed by atoms with Crippen molar-refractivity contribution in [1.82, 2.24) is 5.32 Å². The Kier molecular flexibility index (Phi) is 1.95. The zero-order chi connectivity index (χ0) is 8.66. The zero-order valence-corrected chi connectivity index (χ0v) is 8.45. The van der Waals surface area contributed by atoms with E-state index in [1.165, 1.54) is 45.2 Å². The van der Waals surface area contributed by atoms with Crippen LogP contribution in [0.3, 0.4) is 0 Å². The number of hydrogen-bond donors (Lipinski definition) is 1. The van der Waals surface area contributed by atoms with E-state index in [1.807, 2.05) is 0 Å². The molecule has 0 atom stereocenters. The molecule has 1 spiro atoms. The van der Waals surface area contributed by atoms with Gasteiger partial charge in [-0.25, -0.2) is 0 Å². The van der Waals surface area contributed by atoms with Crippen LogP contribution in [0.15, 0.2) is 0 Å². The molecule has 1 nitrogen and oxygen atoms in total. The summed E-state index contributed by atoms with van der Waals surface area (Å²) in [5, 5.41) is 3.51. The van der Waals surface area contributed by atoms with Gasteiger partial charge in [0, 0.05) is 6.54 Å². The molecular weight excluding hydrogens is 146 g/mol. The SMILES string of the molecule is CC1(C)CCC2(CCNC2)CC1. The second kappa shape index (κ2) is 2.73. The van der Waals surface area contributed by atoms with E-state index < -0.39 is 0 Å². The minimum Gasteiger partial charge on any atom is -0.316 e. The van der Waals surface area contributed by atoms with E-state index in [-0.39, 0.29) is 0 Å². The maximum atomic E-state index is 3.51. The van der Waals surface area contributed by atoms with Crippen molar-refractivity contribution < 1.29 is 0 Å². The molecule has 0 aromatic carbocycles. The highest BCUT2D eigenvalue weighted by molar-refractivity contribution is 4.93. The molecule has 2 aliphatic rings. The summed E-state index contributed by atoms with van der Waals surface area (Å²) in [6.45, 7) is 7.40. The third-order valence-corrected chi connectivity index (χ3v) is 4.00. The van der Waals surface area contributed by atoms with Crippen molar-refractivity contribution in [1.29, 1.82) is 0 Å². The first kappa shape index (κ1) is 8.55. The first-order chi connectivity index (χ1) is 5.62. The van der Waals surface area contributed by atoms with Crippen molar-refractivity contribution >= 4 is 0 Å². The fraction of sp³-hybridized carbons (Fsp3) is 1.00. The van der Waals surface area contributed by atoms with Gasteiger partial charge in [-0.05, 0) is 49.5 Å². The fourth-order valence-corrected chi connectivity index (χ4v) is 2.68. The van der Waals surface area contributed by atoms with Crippen LogP contribution in [0.2, 0.25) is 0 Å². The largest absolute Gasteiger partial charge is 0.316 e. The summed E-state index contributed by atoms with van der Waals surface area (Å²) in [5.74, 6) is 0. The Labute approximate surface area is 75.9 Å². The second-order valence-electron chi connectivity index (χ2n) is 5.59. The van der Waals surface area contributed by atoms with Gasteiger partial charge in [-0.15, -0.1) is 0 Å². The van der Waals surface area contributed by atoms with Gasteiger partial charge in [-0.1, -0.05) is 13.8 Å². The van der Waals surface area contributed by atoms with Crippen LogP contribution in [0, 0.1) is 10.8 Å². The van der Waals surface area contributed by atoms with Crippen molar-refractivity contribution in [3.63, 3.8) is 0 Å². The molecule has 1 aliphatic carbocycles. The van der Waals surface area contributed by atoms with Crippen LogP contribution in [0.25, 0.3) is 0 Å². The van der Waals surface area contributed by atoms with Gasteiger partial charge in [0.2, 0.25) is 0 Å². The van der Waals surface area contributed by atoms with Gasteiger partial charge < -0.3 is 5.32 Å². The Morgan fingerprint density at radius 1 is 0.917 bits per heavy atom. The van der Waals surface area contributed by atoms with Crippen molar-refractivity contribution in [2.45, 2.75) is 46.0 Å². The Balaban J connectivity index is 1.97. The van der Waals surface area contributed by atoms with E-state index >= 15 is 0 Å². The lowest BCUT2D eigenvalue weighted by Crippen LogP contribution is -2.32. The Hall–Kier alpha value is -0.0400. The molecule has 0 radical (unpaired) electrons. The smallest absolute Gasteiger partial charge is 0.000829 e. The van der Waals surface area contributed by atoms with Crippen LogP contribution in [-0.4, -0.2) is 13.1 Å². The normalized spacial score (nSPS) is 32.5. The quantitative estimate of drug-likeness (QED) is 0.584. The number of nitrogens with one attached hydrogen (secondary N) is 1.